The minimum Gasteiger partial charge on any atom is -0.373 e. The van der Waals surface area contributed by atoms with Crippen LogP contribution >= 0.6 is 0 Å². The Morgan fingerprint density at radius 1 is 1.26 bits per heavy atom. The van der Waals surface area contributed by atoms with Crippen LogP contribution in [0, 0.1) is 0 Å². The van der Waals surface area contributed by atoms with Gasteiger partial charge in [-0.1, -0.05) is 25.1 Å². The van der Waals surface area contributed by atoms with Crippen LogP contribution in [-0.2, 0) is 11.3 Å². The average Bonchev–Trinajstić information content (AvgIpc) is 2.44. The first-order chi connectivity index (χ1) is 9.05. The third-order valence-electron chi connectivity index (χ3n) is 3.51. The normalized spacial score (nSPS) is 11.8. The largest absolute Gasteiger partial charge is 0.373 e. The summed E-state index contributed by atoms with van der Waals surface area (Å²) < 4.78 is 5.98. The molecule has 2 aromatic rings. The van der Waals surface area contributed by atoms with E-state index in [2.05, 4.69) is 43.2 Å². The van der Waals surface area contributed by atoms with Gasteiger partial charge in [0.2, 0.25) is 0 Å². The molecule has 0 fully saturated rings. The van der Waals surface area contributed by atoms with Crippen LogP contribution in [0.2, 0.25) is 0 Å². The molecule has 0 aliphatic carbocycles. The number of benzene rings is 1. The molecule has 0 atom stereocenters. The molecule has 3 nitrogen and oxygen atoms in total. The molecule has 1 aromatic heterocycles. The van der Waals surface area contributed by atoms with Crippen molar-refractivity contribution in [3.8, 4) is 0 Å². The standard InChI is InChI=1S/C16H22N2O/c1-5-16(2,3)19-11-13-10-12-8-6-7-9-14(12)18-15(13)17-4/h6-10H,5,11H2,1-4H3,(H,17,18). The fourth-order valence-corrected chi connectivity index (χ4v) is 1.86. The van der Waals surface area contributed by atoms with E-state index in [9.17, 15) is 0 Å². The van der Waals surface area contributed by atoms with Crippen LogP contribution in [0.5, 0.6) is 0 Å². The maximum atomic E-state index is 5.98. The molecule has 19 heavy (non-hydrogen) atoms. The number of pyridine rings is 1. The molecule has 0 amide bonds. The van der Waals surface area contributed by atoms with E-state index in [-0.39, 0.29) is 5.60 Å². The second-order valence-corrected chi connectivity index (χ2v) is 5.34. The number of rotatable bonds is 5. The molecule has 3 heteroatoms. The number of para-hydroxylation sites is 1. The predicted octanol–water partition coefficient (Wildman–Crippen LogP) is 3.98. The summed E-state index contributed by atoms with van der Waals surface area (Å²) in [6.07, 6.45) is 0.989. The molecular weight excluding hydrogens is 236 g/mol. The maximum Gasteiger partial charge on any atom is 0.131 e. The van der Waals surface area contributed by atoms with Crippen LogP contribution in [0.4, 0.5) is 5.82 Å². The van der Waals surface area contributed by atoms with Crippen molar-refractivity contribution >= 4 is 16.7 Å². The van der Waals surface area contributed by atoms with Crippen molar-refractivity contribution in [1.29, 1.82) is 0 Å². The molecular formula is C16H22N2O. The molecule has 0 aliphatic rings. The molecule has 0 radical (unpaired) electrons. The molecule has 0 bridgehead atoms. The number of aromatic nitrogens is 1. The number of nitrogens with zero attached hydrogens (tertiary/aromatic N) is 1. The van der Waals surface area contributed by atoms with E-state index in [1.807, 2.05) is 25.2 Å². The van der Waals surface area contributed by atoms with Gasteiger partial charge in [0.1, 0.15) is 5.82 Å². The highest BCUT2D eigenvalue weighted by molar-refractivity contribution is 5.81. The van der Waals surface area contributed by atoms with Crippen LogP contribution in [0.25, 0.3) is 10.9 Å². The number of ether oxygens (including phenoxy) is 1. The van der Waals surface area contributed by atoms with Gasteiger partial charge in [-0.15, -0.1) is 0 Å². The van der Waals surface area contributed by atoms with E-state index in [4.69, 9.17) is 4.74 Å². The fraction of sp³-hybridized carbons (Fsp3) is 0.438. The van der Waals surface area contributed by atoms with Crippen molar-refractivity contribution in [2.45, 2.75) is 39.4 Å². The minimum absolute atomic E-state index is 0.101. The van der Waals surface area contributed by atoms with Gasteiger partial charge in [0.25, 0.3) is 0 Å². The van der Waals surface area contributed by atoms with Crippen molar-refractivity contribution in [2.75, 3.05) is 12.4 Å². The monoisotopic (exact) mass is 258 g/mol. The summed E-state index contributed by atoms with van der Waals surface area (Å²) in [5.74, 6) is 0.894. The highest BCUT2D eigenvalue weighted by Gasteiger charge is 2.16. The minimum atomic E-state index is -0.101. The Balaban J connectivity index is 2.31. The van der Waals surface area contributed by atoms with Crippen molar-refractivity contribution in [3.63, 3.8) is 0 Å². The van der Waals surface area contributed by atoms with Crippen LogP contribution < -0.4 is 5.32 Å². The molecule has 0 saturated heterocycles. The lowest BCUT2D eigenvalue weighted by Crippen LogP contribution is -2.23. The Labute approximate surface area is 115 Å². The van der Waals surface area contributed by atoms with Gasteiger partial charge in [0, 0.05) is 18.0 Å². The summed E-state index contributed by atoms with van der Waals surface area (Å²) in [6.45, 7) is 6.94. The number of nitrogens with one attached hydrogen (secondary N) is 1. The third-order valence-corrected chi connectivity index (χ3v) is 3.51. The highest BCUT2D eigenvalue weighted by atomic mass is 16.5. The van der Waals surface area contributed by atoms with Gasteiger partial charge in [0.05, 0.1) is 17.7 Å². The second-order valence-electron chi connectivity index (χ2n) is 5.34. The van der Waals surface area contributed by atoms with Crippen molar-refractivity contribution in [3.05, 3.63) is 35.9 Å². The fourth-order valence-electron chi connectivity index (χ4n) is 1.86. The first-order valence-corrected chi connectivity index (χ1v) is 6.76. The summed E-state index contributed by atoms with van der Waals surface area (Å²) in [6, 6.07) is 10.3. The highest BCUT2D eigenvalue weighted by Crippen LogP contribution is 2.23. The first-order valence-electron chi connectivity index (χ1n) is 6.76. The van der Waals surface area contributed by atoms with Crippen molar-refractivity contribution in [1.82, 2.24) is 4.98 Å². The Hall–Kier alpha value is -1.61. The molecule has 1 aromatic carbocycles. The van der Waals surface area contributed by atoms with Crippen molar-refractivity contribution in [2.24, 2.45) is 0 Å². The number of fused-ring (bicyclic) bond motifs is 1. The smallest absolute Gasteiger partial charge is 0.131 e. The van der Waals surface area contributed by atoms with Gasteiger partial charge >= 0.3 is 0 Å². The van der Waals surface area contributed by atoms with Gasteiger partial charge in [-0.25, -0.2) is 4.98 Å². The topological polar surface area (TPSA) is 34.1 Å². The summed E-state index contributed by atoms with van der Waals surface area (Å²) in [5.41, 5.74) is 2.00. The zero-order valence-corrected chi connectivity index (χ0v) is 12.2. The van der Waals surface area contributed by atoms with E-state index >= 15 is 0 Å². The van der Waals surface area contributed by atoms with Crippen molar-refractivity contribution < 1.29 is 4.74 Å². The summed E-state index contributed by atoms with van der Waals surface area (Å²) in [7, 11) is 1.89. The lowest BCUT2D eigenvalue weighted by Gasteiger charge is -2.24. The Kier molecular flexibility index (Phi) is 4.05. The van der Waals surface area contributed by atoms with E-state index in [1.165, 1.54) is 0 Å². The third kappa shape index (κ3) is 3.24. The number of anilines is 1. The van der Waals surface area contributed by atoms with Gasteiger partial charge in [-0.2, -0.15) is 0 Å². The predicted molar refractivity (Wildman–Crippen MR) is 80.4 cm³/mol. The summed E-state index contributed by atoms with van der Waals surface area (Å²) in [4.78, 5) is 4.63. The lowest BCUT2D eigenvalue weighted by atomic mass is 10.1. The number of hydrogen-bond donors (Lipinski definition) is 1. The maximum absolute atomic E-state index is 5.98. The first kappa shape index (κ1) is 13.8. The Bertz CT molecular complexity index is 564. The molecule has 0 aliphatic heterocycles. The molecule has 102 valence electrons. The SMILES string of the molecule is CCC(C)(C)OCc1cc2ccccc2nc1NC. The molecule has 2 rings (SSSR count). The van der Waals surface area contributed by atoms with E-state index in [0.29, 0.717) is 6.61 Å². The van der Waals surface area contributed by atoms with Crippen LogP contribution in [-0.4, -0.2) is 17.6 Å². The van der Waals surface area contributed by atoms with Gasteiger partial charge in [-0.05, 0) is 32.4 Å². The van der Waals surface area contributed by atoms with E-state index in [0.717, 1.165) is 28.7 Å². The zero-order valence-electron chi connectivity index (χ0n) is 12.2. The second kappa shape index (κ2) is 5.57. The van der Waals surface area contributed by atoms with Gasteiger partial charge < -0.3 is 10.1 Å². The molecule has 0 saturated carbocycles. The zero-order chi connectivity index (χ0) is 13.9. The van der Waals surface area contributed by atoms with Crippen LogP contribution in [0.3, 0.4) is 0 Å². The molecule has 1 heterocycles. The Morgan fingerprint density at radius 3 is 2.68 bits per heavy atom. The van der Waals surface area contributed by atoms with Gasteiger partial charge in [-0.3, -0.25) is 0 Å². The Morgan fingerprint density at radius 2 is 2.00 bits per heavy atom. The lowest BCUT2D eigenvalue weighted by molar-refractivity contribution is -0.0314. The molecule has 0 unspecified atom stereocenters. The van der Waals surface area contributed by atoms with Crippen LogP contribution in [0.15, 0.2) is 30.3 Å². The summed E-state index contributed by atoms with van der Waals surface area (Å²) in [5, 5.41) is 4.30. The number of hydrogen-bond acceptors (Lipinski definition) is 3. The van der Waals surface area contributed by atoms with E-state index < -0.39 is 0 Å². The summed E-state index contributed by atoms with van der Waals surface area (Å²) >= 11 is 0. The van der Waals surface area contributed by atoms with Gasteiger partial charge in [0.15, 0.2) is 0 Å². The molecule has 0 spiro atoms. The molecule has 1 N–H and O–H groups in total. The van der Waals surface area contributed by atoms with E-state index in [1.54, 1.807) is 0 Å². The van der Waals surface area contributed by atoms with Crippen LogP contribution in [0.1, 0.15) is 32.8 Å². The average molecular weight is 258 g/mol. The quantitative estimate of drug-likeness (QED) is 0.880.